The van der Waals surface area contributed by atoms with Crippen LogP contribution < -0.4 is 0 Å². The Morgan fingerprint density at radius 2 is 1.73 bits per heavy atom. The molecule has 3 rings (SSSR count). The number of nitrogens with zero attached hydrogens (tertiary/aromatic N) is 3. The van der Waals surface area contributed by atoms with E-state index < -0.39 is 11.8 Å². The van der Waals surface area contributed by atoms with Crippen molar-refractivity contribution in [1.82, 2.24) is 15.0 Å². The van der Waals surface area contributed by atoms with Crippen LogP contribution >= 0.6 is 23.2 Å². The molecule has 1 aliphatic heterocycles. The average molecular weight is 340 g/mol. The Morgan fingerprint density at radius 1 is 1.14 bits per heavy atom. The van der Waals surface area contributed by atoms with Crippen LogP contribution in [-0.4, -0.2) is 26.9 Å². The third kappa shape index (κ3) is 2.48. The molecule has 1 aliphatic rings. The van der Waals surface area contributed by atoms with Crippen molar-refractivity contribution in [2.45, 2.75) is 26.3 Å². The summed E-state index contributed by atoms with van der Waals surface area (Å²) in [5, 5.41) is 4.25. The molecular weight excluding hydrogens is 329 g/mol. The van der Waals surface area contributed by atoms with E-state index in [4.69, 9.17) is 27.7 Å². The number of hydrogen-bond acceptors (Lipinski definition) is 5. The van der Waals surface area contributed by atoms with Crippen LogP contribution in [0.3, 0.4) is 0 Å². The van der Waals surface area contributed by atoms with Crippen molar-refractivity contribution < 1.29 is 14.1 Å². The Balaban J connectivity index is 1.87. The van der Waals surface area contributed by atoms with Gasteiger partial charge >= 0.3 is 0 Å². The van der Waals surface area contributed by atoms with E-state index in [1.165, 1.54) is 12.1 Å². The Hall–Kier alpha value is -1.92. The summed E-state index contributed by atoms with van der Waals surface area (Å²) in [6.45, 7) is 1.92. The molecule has 114 valence electrons. The lowest BCUT2D eigenvalue weighted by Gasteiger charge is -2.09. The highest BCUT2D eigenvalue weighted by atomic mass is 35.5. The minimum absolute atomic E-state index is 0.0711. The van der Waals surface area contributed by atoms with E-state index in [2.05, 4.69) is 10.1 Å². The Kier molecular flexibility index (Phi) is 3.88. The number of halogens is 2. The summed E-state index contributed by atoms with van der Waals surface area (Å²) in [6.07, 6.45) is 1.56. The number of carbonyl (C=O) groups excluding carboxylic acids is 2. The second kappa shape index (κ2) is 5.70. The van der Waals surface area contributed by atoms with Crippen LogP contribution in [0.15, 0.2) is 16.7 Å². The molecule has 0 radical (unpaired) electrons. The van der Waals surface area contributed by atoms with Gasteiger partial charge < -0.3 is 4.52 Å². The summed E-state index contributed by atoms with van der Waals surface area (Å²) in [6, 6.07) is 2.80. The fraction of sp³-hybridized carbons (Fsp3) is 0.286. The highest BCUT2D eigenvalue weighted by Gasteiger charge is 2.37. The van der Waals surface area contributed by atoms with Gasteiger partial charge in [0, 0.05) is 6.42 Å². The highest BCUT2D eigenvalue weighted by molar-refractivity contribution is 6.43. The van der Waals surface area contributed by atoms with Crippen LogP contribution in [0.4, 0.5) is 0 Å². The van der Waals surface area contributed by atoms with Gasteiger partial charge in [0.1, 0.15) is 6.54 Å². The number of rotatable bonds is 4. The van der Waals surface area contributed by atoms with Gasteiger partial charge in [-0.3, -0.25) is 14.5 Å². The minimum Gasteiger partial charge on any atom is -0.337 e. The predicted octanol–water partition coefficient (Wildman–Crippen LogP) is 3.13. The maximum Gasteiger partial charge on any atom is 0.262 e. The first kappa shape index (κ1) is 15.0. The SMILES string of the molecule is CCCc1noc(CN2C(=O)c3cc(Cl)c(Cl)cc3C2=O)n1. The van der Waals surface area contributed by atoms with Gasteiger partial charge in [0.2, 0.25) is 5.89 Å². The molecule has 6 nitrogen and oxygen atoms in total. The summed E-state index contributed by atoms with van der Waals surface area (Å²) in [7, 11) is 0. The van der Waals surface area contributed by atoms with Gasteiger partial charge in [0.15, 0.2) is 5.82 Å². The molecule has 1 aromatic carbocycles. The molecule has 0 bridgehead atoms. The van der Waals surface area contributed by atoms with Crippen LogP contribution in [0.1, 0.15) is 45.8 Å². The highest BCUT2D eigenvalue weighted by Crippen LogP contribution is 2.32. The van der Waals surface area contributed by atoms with E-state index >= 15 is 0 Å². The molecule has 0 spiro atoms. The van der Waals surface area contributed by atoms with Gasteiger partial charge in [0.05, 0.1) is 21.2 Å². The molecule has 2 aromatic rings. The van der Waals surface area contributed by atoms with Crippen molar-refractivity contribution in [2.75, 3.05) is 0 Å². The minimum atomic E-state index is -0.450. The van der Waals surface area contributed by atoms with Crippen molar-refractivity contribution >= 4 is 35.0 Å². The molecule has 22 heavy (non-hydrogen) atoms. The van der Waals surface area contributed by atoms with Crippen molar-refractivity contribution in [1.29, 1.82) is 0 Å². The quantitative estimate of drug-likeness (QED) is 0.799. The number of imide groups is 1. The lowest BCUT2D eigenvalue weighted by atomic mass is 10.1. The number of aromatic nitrogens is 2. The Morgan fingerprint density at radius 3 is 2.27 bits per heavy atom. The van der Waals surface area contributed by atoms with Gasteiger partial charge in [-0.2, -0.15) is 4.98 Å². The molecular formula is C14H11Cl2N3O3. The normalized spacial score (nSPS) is 13.9. The second-order valence-electron chi connectivity index (χ2n) is 4.86. The van der Waals surface area contributed by atoms with Crippen LogP contribution in [0, 0.1) is 0 Å². The third-order valence-electron chi connectivity index (χ3n) is 3.29. The van der Waals surface area contributed by atoms with Gasteiger partial charge in [-0.1, -0.05) is 35.3 Å². The van der Waals surface area contributed by atoms with Gasteiger partial charge in [-0.15, -0.1) is 0 Å². The molecule has 8 heteroatoms. The smallest absolute Gasteiger partial charge is 0.262 e. The van der Waals surface area contributed by atoms with Crippen molar-refractivity contribution in [3.8, 4) is 0 Å². The Bertz CT molecular complexity index is 732. The summed E-state index contributed by atoms with van der Waals surface area (Å²) >= 11 is 11.8. The number of fused-ring (bicyclic) bond motifs is 1. The van der Waals surface area contributed by atoms with Gasteiger partial charge in [0.25, 0.3) is 11.8 Å². The first-order valence-corrected chi connectivity index (χ1v) is 7.43. The summed E-state index contributed by atoms with van der Waals surface area (Å²) in [5.74, 6) is -0.127. The number of aryl methyl sites for hydroxylation is 1. The molecule has 0 N–H and O–H groups in total. The standard InChI is InChI=1S/C14H11Cl2N3O3/c1-2-3-11-17-12(22-18-11)6-19-13(20)7-4-9(15)10(16)5-8(7)14(19)21/h4-5H,2-3,6H2,1H3. The number of amides is 2. The summed E-state index contributed by atoms with van der Waals surface area (Å²) in [4.78, 5) is 29.8. The zero-order valence-corrected chi connectivity index (χ0v) is 13.1. The maximum absolute atomic E-state index is 12.3. The fourth-order valence-corrected chi connectivity index (χ4v) is 2.57. The molecule has 2 amide bonds. The zero-order chi connectivity index (χ0) is 15.9. The molecule has 0 atom stereocenters. The number of benzene rings is 1. The maximum atomic E-state index is 12.3. The van der Waals surface area contributed by atoms with Gasteiger partial charge in [-0.05, 0) is 18.6 Å². The van der Waals surface area contributed by atoms with E-state index in [-0.39, 0.29) is 33.6 Å². The van der Waals surface area contributed by atoms with Crippen molar-refractivity contribution in [3.05, 3.63) is 45.0 Å². The average Bonchev–Trinajstić information content (AvgIpc) is 3.01. The number of hydrogen-bond donors (Lipinski definition) is 0. The monoisotopic (exact) mass is 339 g/mol. The first-order chi connectivity index (χ1) is 10.5. The van der Waals surface area contributed by atoms with E-state index in [0.717, 1.165) is 11.3 Å². The van der Waals surface area contributed by atoms with E-state index in [1.807, 2.05) is 6.92 Å². The van der Waals surface area contributed by atoms with E-state index in [1.54, 1.807) is 0 Å². The van der Waals surface area contributed by atoms with Crippen LogP contribution in [0.2, 0.25) is 10.0 Å². The Labute approximate surface area is 136 Å². The lowest BCUT2D eigenvalue weighted by Crippen LogP contribution is -2.29. The predicted molar refractivity (Wildman–Crippen MR) is 79.0 cm³/mol. The topological polar surface area (TPSA) is 76.3 Å². The molecule has 0 unspecified atom stereocenters. The summed E-state index contributed by atoms with van der Waals surface area (Å²) in [5.41, 5.74) is 0.459. The van der Waals surface area contributed by atoms with E-state index in [0.29, 0.717) is 12.2 Å². The zero-order valence-electron chi connectivity index (χ0n) is 11.6. The molecule has 1 aromatic heterocycles. The van der Waals surface area contributed by atoms with Crippen LogP contribution in [0.25, 0.3) is 0 Å². The summed E-state index contributed by atoms with van der Waals surface area (Å²) < 4.78 is 5.06. The van der Waals surface area contributed by atoms with Gasteiger partial charge in [-0.25, -0.2) is 0 Å². The van der Waals surface area contributed by atoms with Crippen molar-refractivity contribution in [2.24, 2.45) is 0 Å². The largest absolute Gasteiger partial charge is 0.337 e. The van der Waals surface area contributed by atoms with Crippen molar-refractivity contribution in [3.63, 3.8) is 0 Å². The molecule has 0 saturated heterocycles. The third-order valence-corrected chi connectivity index (χ3v) is 4.01. The molecule has 0 aliphatic carbocycles. The molecule has 0 fully saturated rings. The number of carbonyl (C=O) groups is 2. The van der Waals surface area contributed by atoms with Crippen LogP contribution in [0.5, 0.6) is 0 Å². The fourth-order valence-electron chi connectivity index (χ4n) is 2.24. The van der Waals surface area contributed by atoms with Crippen LogP contribution in [-0.2, 0) is 13.0 Å². The lowest BCUT2D eigenvalue weighted by molar-refractivity contribution is 0.0625. The molecule has 0 saturated carbocycles. The first-order valence-electron chi connectivity index (χ1n) is 6.68. The van der Waals surface area contributed by atoms with E-state index in [9.17, 15) is 9.59 Å². The second-order valence-corrected chi connectivity index (χ2v) is 5.68. The molecule has 2 heterocycles.